The van der Waals surface area contributed by atoms with Gasteiger partial charge in [0.2, 0.25) is 0 Å². The number of para-hydroxylation sites is 1. The monoisotopic (exact) mass is 660 g/mol. The van der Waals surface area contributed by atoms with Crippen LogP contribution in [0.5, 0.6) is 23.0 Å². The van der Waals surface area contributed by atoms with Gasteiger partial charge in [0.15, 0.2) is 27.8 Å². The Hall–Kier alpha value is -3.61. The molecule has 0 unspecified atom stereocenters. The molecular formula is C30H33BrN2O8S. The second-order valence-corrected chi connectivity index (χ2v) is 11.0. The average Bonchev–Trinajstić information content (AvgIpc) is 3.29. The minimum Gasteiger partial charge on any atom is -0.493 e. The number of carbonyl (C=O) groups is 1. The number of halogens is 1. The molecule has 1 aromatic heterocycles. The van der Waals surface area contributed by atoms with Crippen LogP contribution in [0, 0.1) is 0 Å². The zero-order valence-electron chi connectivity index (χ0n) is 24.3. The fourth-order valence-electron chi connectivity index (χ4n) is 4.56. The number of methoxy groups -OCH3 is 4. The van der Waals surface area contributed by atoms with E-state index in [1.807, 2.05) is 13.0 Å². The number of nitrogens with zero attached hydrogens (tertiary/aromatic N) is 2. The molecule has 0 spiro atoms. The Morgan fingerprint density at radius 3 is 2.43 bits per heavy atom. The minimum atomic E-state index is -0.880. The van der Waals surface area contributed by atoms with Gasteiger partial charge in [0.1, 0.15) is 12.6 Å². The van der Waals surface area contributed by atoms with Crippen LogP contribution in [-0.2, 0) is 14.3 Å². The zero-order chi connectivity index (χ0) is 30.4. The van der Waals surface area contributed by atoms with Gasteiger partial charge in [-0.05, 0) is 43.2 Å². The van der Waals surface area contributed by atoms with Crippen LogP contribution in [0.3, 0.4) is 0 Å². The molecule has 10 nitrogen and oxygen atoms in total. The first-order valence-electron chi connectivity index (χ1n) is 13.2. The summed E-state index contributed by atoms with van der Waals surface area (Å²) in [6.45, 7) is 4.42. The van der Waals surface area contributed by atoms with E-state index in [0.717, 1.165) is 6.42 Å². The van der Waals surface area contributed by atoms with Gasteiger partial charge in [-0.25, -0.2) is 9.79 Å². The molecule has 0 bridgehead atoms. The maximum Gasteiger partial charge on any atom is 0.338 e. The molecule has 0 saturated heterocycles. The Morgan fingerprint density at radius 2 is 1.76 bits per heavy atom. The highest BCUT2D eigenvalue weighted by atomic mass is 79.9. The lowest BCUT2D eigenvalue weighted by atomic mass is 9.94. The second kappa shape index (κ2) is 14.0. The first-order valence-corrected chi connectivity index (χ1v) is 14.8. The van der Waals surface area contributed by atoms with E-state index in [-0.39, 0.29) is 24.3 Å². The average molecular weight is 662 g/mol. The molecule has 0 radical (unpaired) electrons. The van der Waals surface area contributed by atoms with Gasteiger partial charge in [-0.1, -0.05) is 46.3 Å². The lowest BCUT2D eigenvalue weighted by molar-refractivity contribution is -0.140. The standard InChI is InChI=1S/C30H33BrN2O8S/c1-7-11-40-27-19(9-8-10-21(27)37-4)26-25(29(35)41-13-12-36-3)17(2)32-30-33(26)28(34)24(42-30)15-18-14-22(38-5)23(39-6)16-20(18)31/h8-10,14-16,26H,7,11-13H2,1-6H3/b24-15+/t26-/m1/s1. The number of hydrogen-bond acceptors (Lipinski definition) is 10. The molecule has 4 rings (SSSR count). The molecule has 1 aliphatic heterocycles. The molecule has 1 aliphatic rings. The highest BCUT2D eigenvalue weighted by molar-refractivity contribution is 9.10. The molecule has 1 atom stereocenters. The molecule has 12 heteroatoms. The SMILES string of the molecule is CCCOc1c(OC)cccc1[C@@H]1C(C(=O)OCCOC)=C(C)N=c2s/c(=C/c3cc(OC)c(OC)cc3Br)c(=O)n21. The topological polar surface area (TPSA) is 107 Å². The van der Waals surface area contributed by atoms with Crippen LogP contribution in [0.4, 0.5) is 0 Å². The number of allylic oxidation sites excluding steroid dienone is 1. The molecule has 0 fully saturated rings. The number of esters is 1. The summed E-state index contributed by atoms with van der Waals surface area (Å²) in [5.41, 5.74) is 1.62. The number of ether oxygens (including phenoxy) is 6. The Kier molecular flexibility index (Phi) is 10.5. The first kappa shape index (κ1) is 31.3. The van der Waals surface area contributed by atoms with Crippen molar-refractivity contribution in [3.05, 3.63) is 76.9 Å². The molecule has 2 heterocycles. The maximum absolute atomic E-state index is 14.1. The Morgan fingerprint density at radius 1 is 1.05 bits per heavy atom. The van der Waals surface area contributed by atoms with Crippen LogP contribution in [0.15, 0.2) is 55.9 Å². The van der Waals surface area contributed by atoms with Crippen LogP contribution in [0.25, 0.3) is 6.08 Å². The number of benzene rings is 2. The highest BCUT2D eigenvalue weighted by Crippen LogP contribution is 2.41. The van der Waals surface area contributed by atoms with Crippen LogP contribution < -0.4 is 33.8 Å². The molecular weight excluding hydrogens is 628 g/mol. The van der Waals surface area contributed by atoms with Crippen LogP contribution in [0.1, 0.15) is 37.4 Å². The number of rotatable bonds is 12. The van der Waals surface area contributed by atoms with Crippen molar-refractivity contribution >= 4 is 39.3 Å². The zero-order valence-corrected chi connectivity index (χ0v) is 26.7. The quantitative estimate of drug-likeness (QED) is 0.212. The number of hydrogen-bond donors (Lipinski definition) is 0. The molecule has 0 amide bonds. The van der Waals surface area contributed by atoms with E-state index in [0.29, 0.717) is 60.2 Å². The van der Waals surface area contributed by atoms with Gasteiger partial charge < -0.3 is 28.4 Å². The van der Waals surface area contributed by atoms with E-state index in [9.17, 15) is 9.59 Å². The Balaban J connectivity index is 1.98. The summed E-state index contributed by atoms with van der Waals surface area (Å²) in [7, 11) is 6.17. The van der Waals surface area contributed by atoms with E-state index in [1.165, 1.54) is 23.0 Å². The molecule has 0 N–H and O–H groups in total. The molecule has 0 aliphatic carbocycles. The third kappa shape index (κ3) is 6.25. The summed E-state index contributed by atoms with van der Waals surface area (Å²) in [5.74, 6) is 1.40. The molecule has 42 heavy (non-hydrogen) atoms. The van der Waals surface area contributed by atoms with Crippen molar-refractivity contribution in [3.63, 3.8) is 0 Å². The second-order valence-electron chi connectivity index (χ2n) is 9.17. The van der Waals surface area contributed by atoms with Gasteiger partial charge in [0.25, 0.3) is 5.56 Å². The lowest BCUT2D eigenvalue weighted by Gasteiger charge is -2.27. The van der Waals surface area contributed by atoms with Crippen molar-refractivity contribution in [1.82, 2.24) is 4.57 Å². The molecule has 0 saturated carbocycles. The molecule has 2 aromatic carbocycles. The van der Waals surface area contributed by atoms with Crippen molar-refractivity contribution in [3.8, 4) is 23.0 Å². The van der Waals surface area contributed by atoms with Crippen LogP contribution >= 0.6 is 27.3 Å². The number of fused-ring (bicyclic) bond motifs is 1. The minimum absolute atomic E-state index is 0.0495. The van der Waals surface area contributed by atoms with E-state index >= 15 is 0 Å². The largest absolute Gasteiger partial charge is 0.493 e. The van der Waals surface area contributed by atoms with Crippen LogP contribution in [0.2, 0.25) is 0 Å². The Bertz CT molecular complexity index is 1680. The predicted octanol–water partition coefficient (Wildman–Crippen LogP) is 4.00. The van der Waals surface area contributed by atoms with Gasteiger partial charge in [0, 0.05) is 17.1 Å². The van der Waals surface area contributed by atoms with E-state index in [1.54, 1.807) is 58.6 Å². The normalized spacial score (nSPS) is 14.7. The van der Waals surface area contributed by atoms with Gasteiger partial charge in [0.05, 0.1) is 50.3 Å². The summed E-state index contributed by atoms with van der Waals surface area (Å²) >= 11 is 4.78. The highest BCUT2D eigenvalue weighted by Gasteiger charge is 2.36. The summed E-state index contributed by atoms with van der Waals surface area (Å²) in [6.07, 6.45) is 2.50. The summed E-state index contributed by atoms with van der Waals surface area (Å²) < 4.78 is 35.8. The lowest BCUT2D eigenvalue weighted by Crippen LogP contribution is -2.40. The van der Waals surface area contributed by atoms with Crippen LogP contribution in [-0.4, -0.2) is 58.8 Å². The number of aromatic nitrogens is 1. The third-order valence-electron chi connectivity index (χ3n) is 6.53. The van der Waals surface area contributed by atoms with E-state index < -0.39 is 12.0 Å². The van der Waals surface area contributed by atoms with Gasteiger partial charge in [-0.3, -0.25) is 9.36 Å². The van der Waals surface area contributed by atoms with Crippen molar-refractivity contribution in [2.45, 2.75) is 26.3 Å². The third-order valence-corrected chi connectivity index (χ3v) is 8.20. The maximum atomic E-state index is 14.1. The summed E-state index contributed by atoms with van der Waals surface area (Å²) in [5, 5.41) is 0. The number of carbonyl (C=O) groups excluding carboxylic acids is 1. The van der Waals surface area contributed by atoms with Crippen molar-refractivity contribution in [2.75, 3.05) is 48.3 Å². The van der Waals surface area contributed by atoms with E-state index in [4.69, 9.17) is 28.4 Å². The fraction of sp³-hybridized carbons (Fsp3) is 0.367. The van der Waals surface area contributed by atoms with Gasteiger partial charge in [-0.15, -0.1) is 0 Å². The van der Waals surface area contributed by atoms with Gasteiger partial charge in [-0.2, -0.15) is 0 Å². The predicted molar refractivity (Wildman–Crippen MR) is 163 cm³/mol. The van der Waals surface area contributed by atoms with Crippen molar-refractivity contribution in [2.24, 2.45) is 4.99 Å². The van der Waals surface area contributed by atoms with Crippen molar-refractivity contribution < 1.29 is 33.2 Å². The van der Waals surface area contributed by atoms with Gasteiger partial charge >= 0.3 is 5.97 Å². The van der Waals surface area contributed by atoms with E-state index in [2.05, 4.69) is 20.9 Å². The summed E-state index contributed by atoms with van der Waals surface area (Å²) in [4.78, 5) is 32.8. The molecule has 3 aromatic rings. The summed E-state index contributed by atoms with van der Waals surface area (Å²) in [6, 6.07) is 8.07. The Labute approximate surface area is 255 Å². The fourth-order valence-corrected chi connectivity index (χ4v) is 6.04. The van der Waals surface area contributed by atoms with Crippen molar-refractivity contribution in [1.29, 1.82) is 0 Å². The number of thiazole rings is 1. The smallest absolute Gasteiger partial charge is 0.338 e. The first-order chi connectivity index (χ1) is 20.3. The molecule has 224 valence electrons.